The maximum absolute atomic E-state index is 4.30. The molecule has 1 saturated heterocycles. The van der Waals surface area contributed by atoms with Crippen molar-refractivity contribution in [3.63, 3.8) is 0 Å². The standard InChI is InChI=1S/C11H19N5/c1-12-11(16-7-3-4-8-16)13-9-10-5-6-14-15(10)2/h5-6H,3-4,7-9H2,1-2H3,(H,12,13). The first-order chi connectivity index (χ1) is 7.81. The van der Waals surface area contributed by atoms with E-state index in [9.17, 15) is 0 Å². The van der Waals surface area contributed by atoms with Crippen molar-refractivity contribution in [1.82, 2.24) is 20.0 Å². The lowest BCUT2D eigenvalue weighted by atomic mass is 10.4. The molecule has 1 aromatic heterocycles. The molecule has 0 radical (unpaired) electrons. The third-order valence-corrected chi connectivity index (χ3v) is 2.97. The molecule has 0 aliphatic carbocycles. The molecule has 0 aromatic carbocycles. The summed E-state index contributed by atoms with van der Waals surface area (Å²) in [6, 6.07) is 2.02. The minimum absolute atomic E-state index is 0.777. The van der Waals surface area contributed by atoms with Crippen LogP contribution in [0.25, 0.3) is 0 Å². The highest BCUT2D eigenvalue weighted by atomic mass is 15.3. The molecule has 88 valence electrons. The summed E-state index contributed by atoms with van der Waals surface area (Å²) >= 11 is 0. The van der Waals surface area contributed by atoms with Gasteiger partial charge in [-0.1, -0.05) is 0 Å². The number of aliphatic imine (C=N–C) groups is 1. The predicted molar refractivity (Wildman–Crippen MR) is 64.2 cm³/mol. The van der Waals surface area contributed by atoms with Gasteiger partial charge in [-0.3, -0.25) is 9.67 Å². The molecule has 0 unspecified atom stereocenters. The molecule has 5 heteroatoms. The SMILES string of the molecule is CN=C(NCc1ccnn1C)N1CCCC1. The number of aryl methyl sites for hydroxylation is 1. The van der Waals surface area contributed by atoms with Gasteiger partial charge in [0, 0.05) is 33.4 Å². The molecule has 0 amide bonds. The van der Waals surface area contributed by atoms with Gasteiger partial charge in [0.15, 0.2) is 5.96 Å². The molecule has 1 N–H and O–H groups in total. The molecule has 16 heavy (non-hydrogen) atoms. The molecular formula is C11H19N5. The maximum atomic E-state index is 4.30. The van der Waals surface area contributed by atoms with Gasteiger partial charge in [-0.05, 0) is 18.9 Å². The number of nitrogens with one attached hydrogen (secondary N) is 1. The molecule has 1 aliphatic rings. The smallest absolute Gasteiger partial charge is 0.193 e. The van der Waals surface area contributed by atoms with Gasteiger partial charge in [0.2, 0.25) is 0 Å². The van der Waals surface area contributed by atoms with Crippen LogP contribution in [0.3, 0.4) is 0 Å². The van der Waals surface area contributed by atoms with E-state index in [4.69, 9.17) is 0 Å². The Morgan fingerprint density at radius 1 is 1.50 bits per heavy atom. The fraction of sp³-hybridized carbons (Fsp3) is 0.636. The Hall–Kier alpha value is -1.52. The fourth-order valence-corrected chi connectivity index (χ4v) is 2.01. The molecule has 0 bridgehead atoms. The van der Waals surface area contributed by atoms with Crippen LogP contribution in [-0.4, -0.2) is 40.8 Å². The summed E-state index contributed by atoms with van der Waals surface area (Å²) < 4.78 is 1.88. The van der Waals surface area contributed by atoms with Gasteiger partial charge in [0.25, 0.3) is 0 Å². The zero-order chi connectivity index (χ0) is 11.4. The monoisotopic (exact) mass is 221 g/mol. The second kappa shape index (κ2) is 5.01. The van der Waals surface area contributed by atoms with E-state index < -0.39 is 0 Å². The molecule has 1 fully saturated rings. The Bertz CT molecular complexity index is 362. The Kier molecular flexibility index (Phi) is 3.44. The second-order valence-corrected chi connectivity index (χ2v) is 4.04. The van der Waals surface area contributed by atoms with Crippen molar-refractivity contribution >= 4 is 5.96 Å². The van der Waals surface area contributed by atoms with Crippen LogP contribution in [0.1, 0.15) is 18.5 Å². The van der Waals surface area contributed by atoms with Crippen molar-refractivity contribution in [1.29, 1.82) is 0 Å². The van der Waals surface area contributed by atoms with Crippen LogP contribution in [0.4, 0.5) is 0 Å². The van der Waals surface area contributed by atoms with Crippen LogP contribution < -0.4 is 5.32 Å². The van der Waals surface area contributed by atoms with Crippen molar-refractivity contribution in [3.8, 4) is 0 Å². The van der Waals surface area contributed by atoms with Gasteiger partial charge in [0.05, 0.1) is 12.2 Å². The normalized spacial score (nSPS) is 16.9. The van der Waals surface area contributed by atoms with Gasteiger partial charge in [-0.15, -0.1) is 0 Å². The summed E-state index contributed by atoms with van der Waals surface area (Å²) in [5, 5.41) is 7.51. The summed E-state index contributed by atoms with van der Waals surface area (Å²) in [4.78, 5) is 6.60. The highest BCUT2D eigenvalue weighted by Crippen LogP contribution is 2.07. The van der Waals surface area contributed by atoms with E-state index in [1.165, 1.54) is 18.5 Å². The largest absolute Gasteiger partial charge is 0.351 e. The number of rotatable bonds is 2. The average molecular weight is 221 g/mol. The van der Waals surface area contributed by atoms with E-state index in [-0.39, 0.29) is 0 Å². The van der Waals surface area contributed by atoms with Crippen LogP contribution in [-0.2, 0) is 13.6 Å². The molecule has 2 rings (SSSR count). The van der Waals surface area contributed by atoms with Gasteiger partial charge in [-0.2, -0.15) is 5.10 Å². The van der Waals surface area contributed by atoms with Gasteiger partial charge in [0.1, 0.15) is 0 Å². The summed E-state index contributed by atoms with van der Waals surface area (Å²) in [5.74, 6) is 0.999. The number of guanidine groups is 1. The summed E-state index contributed by atoms with van der Waals surface area (Å²) in [5.41, 5.74) is 1.17. The summed E-state index contributed by atoms with van der Waals surface area (Å²) in [7, 11) is 3.79. The summed E-state index contributed by atoms with van der Waals surface area (Å²) in [6.07, 6.45) is 4.36. The average Bonchev–Trinajstić information content (AvgIpc) is 2.92. The van der Waals surface area contributed by atoms with Crippen LogP contribution >= 0.6 is 0 Å². The van der Waals surface area contributed by atoms with Crippen LogP contribution in [0.5, 0.6) is 0 Å². The number of hydrogen-bond acceptors (Lipinski definition) is 2. The minimum Gasteiger partial charge on any atom is -0.351 e. The highest BCUT2D eigenvalue weighted by molar-refractivity contribution is 5.80. The molecule has 1 aliphatic heterocycles. The maximum Gasteiger partial charge on any atom is 0.193 e. The van der Waals surface area contributed by atoms with E-state index in [1.54, 1.807) is 0 Å². The van der Waals surface area contributed by atoms with E-state index in [2.05, 4.69) is 20.3 Å². The third-order valence-electron chi connectivity index (χ3n) is 2.97. The number of aromatic nitrogens is 2. The van der Waals surface area contributed by atoms with Crippen LogP contribution in [0.2, 0.25) is 0 Å². The van der Waals surface area contributed by atoms with Crippen molar-refractivity contribution in [3.05, 3.63) is 18.0 Å². The zero-order valence-corrected chi connectivity index (χ0v) is 9.98. The summed E-state index contributed by atoms with van der Waals surface area (Å²) in [6.45, 7) is 3.01. The highest BCUT2D eigenvalue weighted by Gasteiger charge is 2.15. The van der Waals surface area contributed by atoms with Gasteiger partial charge >= 0.3 is 0 Å². The van der Waals surface area contributed by atoms with E-state index >= 15 is 0 Å². The van der Waals surface area contributed by atoms with E-state index in [1.807, 2.05) is 31.0 Å². The van der Waals surface area contributed by atoms with Crippen molar-refractivity contribution in [2.75, 3.05) is 20.1 Å². The van der Waals surface area contributed by atoms with E-state index in [0.717, 1.165) is 25.6 Å². The van der Waals surface area contributed by atoms with Crippen molar-refractivity contribution in [2.24, 2.45) is 12.0 Å². The van der Waals surface area contributed by atoms with Crippen LogP contribution in [0, 0.1) is 0 Å². The lowest BCUT2D eigenvalue weighted by molar-refractivity contribution is 0.491. The Morgan fingerprint density at radius 3 is 2.81 bits per heavy atom. The number of hydrogen-bond donors (Lipinski definition) is 1. The fourth-order valence-electron chi connectivity index (χ4n) is 2.01. The van der Waals surface area contributed by atoms with Gasteiger partial charge < -0.3 is 10.2 Å². The Labute approximate surface area is 96.2 Å². The van der Waals surface area contributed by atoms with E-state index in [0.29, 0.717) is 0 Å². The lowest BCUT2D eigenvalue weighted by Crippen LogP contribution is -2.39. The zero-order valence-electron chi connectivity index (χ0n) is 9.98. The third kappa shape index (κ3) is 2.35. The second-order valence-electron chi connectivity index (χ2n) is 4.04. The topological polar surface area (TPSA) is 45.5 Å². The molecule has 0 atom stereocenters. The minimum atomic E-state index is 0.777. The Balaban J connectivity index is 1.90. The molecule has 5 nitrogen and oxygen atoms in total. The molecule has 1 aromatic rings. The lowest BCUT2D eigenvalue weighted by Gasteiger charge is -2.20. The van der Waals surface area contributed by atoms with Crippen LogP contribution in [0.15, 0.2) is 17.3 Å². The molecule has 0 saturated carbocycles. The Morgan fingerprint density at radius 2 is 2.25 bits per heavy atom. The van der Waals surface area contributed by atoms with Crippen molar-refractivity contribution in [2.45, 2.75) is 19.4 Å². The first kappa shape index (κ1) is 11.0. The predicted octanol–water partition coefficient (Wildman–Crippen LogP) is 0.591. The first-order valence-corrected chi connectivity index (χ1v) is 5.74. The quantitative estimate of drug-likeness (QED) is 0.587. The first-order valence-electron chi connectivity index (χ1n) is 5.74. The molecule has 0 spiro atoms. The van der Waals surface area contributed by atoms with Crippen molar-refractivity contribution < 1.29 is 0 Å². The van der Waals surface area contributed by atoms with Gasteiger partial charge in [-0.25, -0.2) is 0 Å². The number of likely N-dealkylation sites (tertiary alicyclic amines) is 1. The number of nitrogens with zero attached hydrogens (tertiary/aromatic N) is 4. The molecule has 2 heterocycles. The molecular weight excluding hydrogens is 202 g/mol.